The van der Waals surface area contributed by atoms with Crippen molar-refractivity contribution < 1.29 is 19.3 Å². The summed E-state index contributed by atoms with van der Waals surface area (Å²) in [6.07, 6.45) is 0.527. The van der Waals surface area contributed by atoms with Crippen LogP contribution in [-0.4, -0.2) is 36.8 Å². The highest BCUT2D eigenvalue weighted by Crippen LogP contribution is 2.40. The van der Waals surface area contributed by atoms with E-state index >= 15 is 0 Å². The van der Waals surface area contributed by atoms with Gasteiger partial charge in [0.2, 0.25) is 0 Å². The van der Waals surface area contributed by atoms with Crippen LogP contribution >= 0.6 is 0 Å². The molecule has 0 saturated carbocycles. The number of aliphatic hydroxyl groups excluding tert-OH is 1. The second-order valence-electron chi connectivity index (χ2n) is 6.72. The van der Waals surface area contributed by atoms with Gasteiger partial charge in [0, 0.05) is 18.9 Å². The molecule has 4 atom stereocenters. The number of aliphatic hydroxyl groups is 1. The molecule has 2 rings (SSSR count). The van der Waals surface area contributed by atoms with Gasteiger partial charge in [-0.3, -0.25) is 0 Å². The maximum atomic E-state index is 9.73. The molecular weight excluding hydrogens is 280 g/mol. The summed E-state index contributed by atoms with van der Waals surface area (Å²) >= 11 is 0. The first-order chi connectivity index (χ1) is 10.4. The number of ether oxygens (including phenoxy) is 3. The Morgan fingerprint density at radius 1 is 1.32 bits per heavy atom. The van der Waals surface area contributed by atoms with E-state index in [1.807, 2.05) is 18.2 Å². The predicted octanol–water partition coefficient (Wildman–Crippen LogP) is 3.13. The van der Waals surface area contributed by atoms with Gasteiger partial charge in [0.15, 0.2) is 6.29 Å². The van der Waals surface area contributed by atoms with Crippen molar-refractivity contribution in [1.29, 1.82) is 0 Å². The van der Waals surface area contributed by atoms with Crippen molar-refractivity contribution in [3.05, 3.63) is 35.9 Å². The molecule has 0 radical (unpaired) electrons. The fourth-order valence-electron chi connectivity index (χ4n) is 2.97. The van der Waals surface area contributed by atoms with Crippen LogP contribution < -0.4 is 0 Å². The SMILES string of the molecule is CO[C@H]1C[C@@H](OCc2ccccc2)C(C)(C)[C@@H](C[C@@H](C)O)O1. The van der Waals surface area contributed by atoms with Gasteiger partial charge in [-0.25, -0.2) is 0 Å². The summed E-state index contributed by atoms with van der Waals surface area (Å²) in [7, 11) is 1.65. The van der Waals surface area contributed by atoms with Crippen LogP contribution in [-0.2, 0) is 20.8 Å². The molecule has 0 aliphatic carbocycles. The van der Waals surface area contributed by atoms with Crippen LogP contribution in [0.4, 0.5) is 0 Å². The van der Waals surface area contributed by atoms with Crippen LogP contribution in [0.25, 0.3) is 0 Å². The number of methoxy groups -OCH3 is 1. The lowest BCUT2D eigenvalue weighted by molar-refractivity contribution is -0.264. The minimum Gasteiger partial charge on any atom is -0.393 e. The molecule has 1 N–H and O–H groups in total. The largest absolute Gasteiger partial charge is 0.393 e. The van der Waals surface area contributed by atoms with Crippen molar-refractivity contribution >= 4 is 0 Å². The first kappa shape index (κ1) is 17.4. The number of hydrogen-bond donors (Lipinski definition) is 1. The van der Waals surface area contributed by atoms with Gasteiger partial charge in [-0.1, -0.05) is 44.2 Å². The number of hydrogen-bond acceptors (Lipinski definition) is 4. The Hall–Kier alpha value is -0.940. The summed E-state index contributed by atoms with van der Waals surface area (Å²) in [6.45, 7) is 6.64. The van der Waals surface area contributed by atoms with Crippen LogP contribution in [0.2, 0.25) is 0 Å². The van der Waals surface area contributed by atoms with Crippen LogP contribution in [0.3, 0.4) is 0 Å². The number of rotatable bonds is 6. The molecule has 124 valence electrons. The third kappa shape index (κ3) is 4.29. The highest BCUT2D eigenvalue weighted by atomic mass is 16.7. The van der Waals surface area contributed by atoms with Gasteiger partial charge < -0.3 is 19.3 Å². The highest BCUT2D eigenvalue weighted by molar-refractivity contribution is 5.13. The molecule has 1 aromatic rings. The third-order valence-electron chi connectivity index (χ3n) is 4.49. The lowest BCUT2D eigenvalue weighted by Gasteiger charge is -2.47. The molecule has 0 bridgehead atoms. The lowest BCUT2D eigenvalue weighted by atomic mass is 9.75. The summed E-state index contributed by atoms with van der Waals surface area (Å²) in [6, 6.07) is 10.2. The van der Waals surface area contributed by atoms with E-state index in [2.05, 4.69) is 26.0 Å². The van der Waals surface area contributed by atoms with Gasteiger partial charge in [-0.05, 0) is 18.9 Å². The molecule has 1 heterocycles. The Bertz CT molecular complexity index is 444. The Labute approximate surface area is 133 Å². The standard InChI is InChI=1S/C18H28O4/c1-13(19)10-16-18(2,3)15(11-17(20-4)22-16)21-12-14-8-6-5-7-9-14/h5-9,13,15-17,19H,10-12H2,1-4H3/t13-,15-,16-,17-/m1/s1. The van der Waals surface area contributed by atoms with Crippen LogP contribution in [0.1, 0.15) is 39.2 Å². The molecule has 22 heavy (non-hydrogen) atoms. The van der Waals surface area contributed by atoms with Crippen LogP contribution in [0, 0.1) is 5.41 Å². The van der Waals surface area contributed by atoms with Gasteiger partial charge in [0.05, 0.1) is 24.9 Å². The van der Waals surface area contributed by atoms with E-state index in [0.29, 0.717) is 19.4 Å². The zero-order valence-electron chi connectivity index (χ0n) is 14.0. The van der Waals surface area contributed by atoms with E-state index in [4.69, 9.17) is 14.2 Å². The lowest BCUT2D eigenvalue weighted by Crippen LogP contribution is -2.52. The minimum absolute atomic E-state index is 0.0233. The molecule has 1 aliphatic rings. The first-order valence-corrected chi connectivity index (χ1v) is 7.95. The average molecular weight is 308 g/mol. The third-order valence-corrected chi connectivity index (χ3v) is 4.49. The zero-order chi connectivity index (χ0) is 16.2. The summed E-state index contributed by atoms with van der Waals surface area (Å²) in [5.74, 6) is 0. The molecule has 1 aromatic carbocycles. The highest BCUT2D eigenvalue weighted by Gasteiger charge is 2.46. The monoisotopic (exact) mass is 308 g/mol. The van der Waals surface area contributed by atoms with Crippen molar-refractivity contribution in [3.63, 3.8) is 0 Å². The molecular formula is C18H28O4. The second kappa shape index (κ2) is 7.55. The average Bonchev–Trinajstić information content (AvgIpc) is 2.48. The normalized spacial score (nSPS) is 29.2. The Morgan fingerprint density at radius 2 is 2.00 bits per heavy atom. The molecule has 1 fully saturated rings. The molecule has 0 unspecified atom stereocenters. The maximum Gasteiger partial charge on any atom is 0.160 e. The van der Waals surface area contributed by atoms with Gasteiger partial charge in [0.25, 0.3) is 0 Å². The predicted molar refractivity (Wildman–Crippen MR) is 85.4 cm³/mol. The molecule has 0 amide bonds. The molecule has 0 spiro atoms. The van der Waals surface area contributed by atoms with E-state index in [1.165, 1.54) is 0 Å². The van der Waals surface area contributed by atoms with E-state index < -0.39 is 6.10 Å². The smallest absolute Gasteiger partial charge is 0.160 e. The maximum absolute atomic E-state index is 9.73. The Balaban J connectivity index is 2.06. The molecule has 0 aromatic heterocycles. The fraction of sp³-hybridized carbons (Fsp3) is 0.667. The summed E-state index contributed by atoms with van der Waals surface area (Å²) in [4.78, 5) is 0. The van der Waals surface area contributed by atoms with Crippen molar-refractivity contribution in [2.75, 3.05) is 7.11 Å². The molecule has 4 nitrogen and oxygen atoms in total. The van der Waals surface area contributed by atoms with E-state index in [1.54, 1.807) is 14.0 Å². The van der Waals surface area contributed by atoms with E-state index in [-0.39, 0.29) is 23.9 Å². The molecule has 1 saturated heterocycles. The fourth-order valence-corrected chi connectivity index (χ4v) is 2.97. The van der Waals surface area contributed by atoms with Gasteiger partial charge in [0.1, 0.15) is 0 Å². The topological polar surface area (TPSA) is 47.9 Å². The van der Waals surface area contributed by atoms with Crippen molar-refractivity contribution in [2.45, 2.75) is 64.8 Å². The summed E-state index contributed by atoms with van der Waals surface area (Å²) < 4.78 is 17.6. The zero-order valence-corrected chi connectivity index (χ0v) is 14.0. The molecule has 4 heteroatoms. The Morgan fingerprint density at radius 3 is 2.59 bits per heavy atom. The first-order valence-electron chi connectivity index (χ1n) is 7.95. The van der Waals surface area contributed by atoms with E-state index in [0.717, 1.165) is 5.56 Å². The Kier molecular flexibility index (Phi) is 5.98. The van der Waals surface area contributed by atoms with Crippen molar-refractivity contribution in [2.24, 2.45) is 5.41 Å². The quantitative estimate of drug-likeness (QED) is 0.877. The van der Waals surface area contributed by atoms with Gasteiger partial charge in [-0.15, -0.1) is 0 Å². The van der Waals surface area contributed by atoms with Crippen LogP contribution in [0.5, 0.6) is 0 Å². The minimum atomic E-state index is -0.408. The van der Waals surface area contributed by atoms with Gasteiger partial charge in [-0.2, -0.15) is 0 Å². The summed E-state index contributed by atoms with van der Waals surface area (Å²) in [5.41, 5.74) is 0.978. The van der Waals surface area contributed by atoms with Crippen molar-refractivity contribution in [1.82, 2.24) is 0 Å². The van der Waals surface area contributed by atoms with Gasteiger partial charge >= 0.3 is 0 Å². The van der Waals surface area contributed by atoms with Crippen LogP contribution in [0.15, 0.2) is 30.3 Å². The second-order valence-corrected chi connectivity index (χ2v) is 6.72. The van der Waals surface area contributed by atoms with E-state index in [9.17, 15) is 5.11 Å². The molecule has 1 aliphatic heterocycles. The summed E-state index contributed by atoms with van der Waals surface area (Å²) in [5, 5.41) is 9.73. The number of benzene rings is 1. The van der Waals surface area contributed by atoms with Crippen molar-refractivity contribution in [3.8, 4) is 0 Å².